The molecule has 0 bridgehead atoms. The molecule has 0 fully saturated rings. The number of nitrogens with one attached hydrogen (secondary N) is 2. The highest BCUT2D eigenvalue weighted by Crippen LogP contribution is 2.31. The number of nitrogens with zero attached hydrogens (tertiary/aromatic N) is 1. The Morgan fingerprint density at radius 2 is 2.09 bits per heavy atom. The molecular weight excluding hydrogens is 314 g/mol. The van der Waals surface area contributed by atoms with Gasteiger partial charge >= 0.3 is 6.03 Å². The molecule has 0 unspecified atom stereocenters. The van der Waals surface area contributed by atoms with E-state index in [1.165, 1.54) is 0 Å². The van der Waals surface area contributed by atoms with Gasteiger partial charge in [-0.15, -0.1) is 0 Å². The number of rotatable bonds is 2. The van der Waals surface area contributed by atoms with Gasteiger partial charge in [-0.2, -0.15) is 0 Å². The second kappa shape index (κ2) is 6.18. The van der Waals surface area contributed by atoms with Crippen LogP contribution in [0, 0.1) is 13.8 Å². The molecule has 23 heavy (non-hydrogen) atoms. The predicted molar refractivity (Wildman–Crippen MR) is 89.8 cm³/mol. The van der Waals surface area contributed by atoms with E-state index in [0.29, 0.717) is 12.1 Å². The maximum atomic E-state index is 12.3. The van der Waals surface area contributed by atoms with Crippen molar-refractivity contribution in [3.63, 3.8) is 0 Å². The van der Waals surface area contributed by atoms with E-state index in [1.54, 1.807) is 0 Å². The third-order valence-corrected chi connectivity index (χ3v) is 4.30. The first-order valence-corrected chi connectivity index (χ1v) is 7.80. The van der Waals surface area contributed by atoms with Gasteiger partial charge in [-0.1, -0.05) is 35.9 Å². The van der Waals surface area contributed by atoms with Gasteiger partial charge in [-0.25, -0.2) is 9.78 Å². The Labute approximate surface area is 139 Å². The van der Waals surface area contributed by atoms with Crippen molar-refractivity contribution in [2.45, 2.75) is 32.4 Å². The molecule has 1 aliphatic rings. The molecule has 1 aromatic carbocycles. The van der Waals surface area contributed by atoms with Gasteiger partial charge in [0.05, 0.1) is 17.8 Å². The number of amides is 2. The molecule has 2 amide bonds. The second-order valence-electron chi connectivity index (χ2n) is 5.79. The number of halogens is 1. The van der Waals surface area contributed by atoms with Crippen LogP contribution in [-0.4, -0.2) is 22.2 Å². The minimum absolute atomic E-state index is 0.255. The molecule has 1 heterocycles. The van der Waals surface area contributed by atoms with Crippen LogP contribution in [0.1, 0.15) is 28.4 Å². The Balaban J connectivity index is 1.76. The minimum atomic E-state index is -0.633. The quantitative estimate of drug-likeness (QED) is 0.740. The predicted octanol–water partition coefficient (Wildman–Crippen LogP) is 3.13. The lowest BCUT2D eigenvalue weighted by atomic mass is 10.1. The van der Waals surface area contributed by atoms with Gasteiger partial charge < -0.3 is 15.7 Å². The minimum Gasteiger partial charge on any atom is -0.390 e. The van der Waals surface area contributed by atoms with Crippen LogP contribution in [0.2, 0.25) is 5.15 Å². The van der Waals surface area contributed by atoms with Gasteiger partial charge in [-0.05, 0) is 36.6 Å². The summed E-state index contributed by atoms with van der Waals surface area (Å²) in [5.74, 6) is 0. The van der Waals surface area contributed by atoms with E-state index in [1.807, 2.05) is 44.2 Å². The maximum Gasteiger partial charge on any atom is 0.319 e. The average molecular weight is 332 g/mol. The summed E-state index contributed by atoms with van der Waals surface area (Å²) in [6.07, 6.45) is -0.0987. The van der Waals surface area contributed by atoms with E-state index < -0.39 is 18.2 Å². The monoisotopic (exact) mass is 331 g/mol. The van der Waals surface area contributed by atoms with Crippen molar-refractivity contribution in [2.75, 3.05) is 5.32 Å². The van der Waals surface area contributed by atoms with Gasteiger partial charge in [0.15, 0.2) is 5.15 Å². The van der Waals surface area contributed by atoms with Gasteiger partial charge in [0.25, 0.3) is 0 Å². The van der Waals surface area contributed by atoms with Crippen molar-refractivity contribution in [1.29, 1.82) is 0 Å². The third-order valence-electron chi connectivity index (χ3n) is 4.03. The lowest BCUT2D eigenvalue weighted by molar-refractivity contribution is 0.144. The fourth-order valence-electron chi connectivity index (χ4n) is 2.98. The largest absolute Gasteiger partial charge is 0.390 e. The standard InChI is InChI=1S/C17H18ClN3O2/c1-9-7-10(2)19-16(18)14(9)20-17(23)21-15-12-6-4-3-5-11(12)8-13(15)22/h3-7,13,15,22H,8H2,1-2H3,(H2,20,21,23)/t13-,15+/m0/s1. The topological polar surface area (TPSA) is 74.2 Å². The SMILES string of the molecule is Cc1cc(C)c(NC(=O)N[C@@H]2c3ccccc3C[C@@H]2O)c(Cl)n1. The highest BCUT2D eigenvalue weighted by molar-refractivity contribution is 6.32. The molecule has 0 radical (unpaired) electrons. The zero-order valence-electron chi connectivity index (χ0n) is 12.9. The number of hydrogen-bond acceptors (Lipinski definition) is 3. The highest BCUT2D eigenvalue weighted by atomic mass is 35.5. The molecule has 0 saturated heterocycles. The normalized spacial score (nSPS) is 19.3. The Hall–Kier alpha value is -2.11. The highest BCUT2D eigenvalue weighted by Gasteiger charge is 2.32. The van der Waals surface area contributed by atoms with Gasteiger partial charge in [0, 0.05) is 12.1 Å². The number of carbonyl (C=O) groups is 1. The first kappa shape index (κ1) is 15.8. The smallest absolute Gasteiger partial charge is 0.319 e. The summed E-state index contributed by atoms with van der Waals surface area (Å²) in [5, 5.41) is 16.0. The van der Waals surface area contributed by atoms with Crippen molar-refractivity contribution < 1.29 is 9.90 Å². The van der Waals surface area contributed by atoms with E-state index in [2.05, 4.69) is 15.6 Å². The van der Waals surface area contributed by atoms with E-state index in [-0.39, 0.29) is 5.15 Å². The van der Waals surface area contributed by atoms with Crippen LogP contribution in [0.4, 0.5) is 10.5 Å². The number of anilines is 1. The van der Waals surface area contributed by atoms with E-state index in [0.717, 1.165) is 22.4 Å². The number of benzene rings is 1. The molecule has 3 N–H and O–H groups in total. The molecular formula is C17H18ClN3O2. The average Bonchev–Trinajstić information content (AvgIpc) is 2.79. The number of fused-ring (bicyclic) bond motifs is 1. The Bertz CT molecular complexity index is 740. The van der Waals surface area contributed by atoms with Gasteiger partial charge in [0.1, 0.15) is 0 Å². The van der Waals surface area contributed by atoms with Crippen molar-refractivity contribution in [2.24, 2.45) is 0 Å². The molecule has 3 rings (SSSR count). The lowest BCUT2D eigenvalue weighted by Gasteiger charge is -2.19. The van der Waals surface area contributed by atoms with Gasteiger partial charge in [-0.3, -0.25) is 0 Å². The molecule has 2 aromatic rings. The number of hydrogen-bond donors (Lipinski definition) is 3. The van der Waals surface area contributed by atoms with Crippen LogP contribution in [0.15, 0.2) is 30.3 Å². The van der Waals surface area contributed by atoms with Crippen molar-refractivity contribution in [3.8, 4) is 0 Å². The summed E-state index contributed by atoms with van der Waals surface area (Å²) >= 11 is 6.10. The summed E-state index contributed by atoms with van der Waals surface area (Å²) in [7, 11) is 0. The zero-order valence-corrected chi connectivity index (χ0v) is 13.7. The summed E-state index contributed by atoms with van der Waals surface area (Å²) < 4.78 is 0. The second-order valence-corrected chi connectivity index (χ2v) is 6.15. The molecule has 120 valence electrons. The molecule has 5 nitrogen and oxygen atoms in total. The number of pyridine rings is 1. The number of urea groups is 1. The number of carbonyl (C=O) groups excluding carboxylic acids is 1. The molecule has 1 aliphatic carbocycles. The first-order valence-electron chi connectivity index (χ1n) is 7.43. The van der Waals surface area contributed by atoms with Crippen LogP contribution < -0.4 is 10.6 Å². The summed E-state index contributed by atoms with van der Waals surface area (Å²) in [4.78, 5) is 16.4. The number of aliphatic hydroxyl groups is 1. The van der Waals surface area contributed by atoms with Crippen molar-refractivity contribution in [3.05, 3.63) is 57.9 Å². The van der Waals surface area contributed by atoms with Crippen molar-refractivity contribution in [1.82, 2.24) is 10.3 Å². The maximum absolute atomic E-state index is 12.3. The number of aryl methyl sites for hydroxylation is 2. The summed E-state index contributed by atoms with van der Waals surface area (Å²) in [5.41, 5.74) is 4.11. The zero-order chi connectivity index (χ0) is 16.6. The molecule has 6 heteroatoms. The molecule has 2 atom stereocenters. The van der Waals surface area contributed by atoms with E-state index in [9.17, 15) is 9.90 Å². The summed E-state index contributed by atoms with van der Waals surface area (Å²) in [6, 6.07) is 8.71. The lowest BCUT2D eigenvalue weighted by Crippen LogP contribution is -2.37. The van der Waals surface area contributed by atoms with Crippen LogP contribution in [0.3, 0.4) is 0 Å². The van der Waals surface area contributed by atoms with Crippen LogP contribution in [0.25, 0.3) is 0 Å². The van der Waals surface area contributed by atoms with Gasteiger partial charge in [0.2, 0.25) is 0 Å². The molecule has 1 aromatic heterocycles. The summed E-state index contributed by atoms with van der Waals surface area (Å²) in [6.45, 7) is 3.70. The number of aromatic nitrogens is 1. The number of aliphatic hydroxyl groups excluding tert-OH is 1. The third kappa shape index (κ3) is 3.16. The molecule has 0 spiro atoms. The first-order chi connectivity index (χ1) is 11.0. The van der Waals surface area contributed by atoms with Crippen molar-refractivity contribution >= 4 is 23.3 Å². The van der Waals surface area contributed by atoms with E-state index in [4.69, 9.17) is 11.6 Å². The fourth-order valence-corrected chi connectivity index (χ4v) is 3.31. The van der Waals surface area contributed by atoms with Crippen LogP contribution >= 0.6 is 11.6 Å². The molecule has 0 aliphatic heterocycles. The van der Waals surface area contributed by atoms with Crippen LogP contribution in [0.5, 0.6) is 0 Å². The Kier molecular flexibility index (Phi) is 4.24. The Morgan fingerprint density at radius 3 is 2.83 bits per heavy atom. The Morgan fingerprint density at radius 1 is 1.35 bits per heavy atom. The fraction of sp³-hybridized carbons (Fsp3) is 0.294. The van der Waals surface area contributed by atoms with Crippen LogP contribution in [-0.2, 0) is 6.42 Å². The molecule has 0 saturated carbocycles. The van der Waals surface area contributed by atoms with E-state index >= 15 is 0 Å².